The van der Waals surface area contributed by atoms with Gasteiger partial charge in [0, 0.05) is 37.3 Å². The Morgan fingerprint density at radius 3 is 2.43 bits per heavy atom. The Labute approximate surface area is 203 Å². The predicted molar refractivity (Wildman–Crippen MR) is 124 cm³/mol. The van der Waals surface area contributed by atoms with Crippen LogP contribution in [0.25, 0.3) is 0 Å². The third-order valence-corrected chi connectivity index (χ3v) is 7.83. The lowest BCUT2D eigenvalue weighted by molar-refractivity contribution is -0.136. The molecule has 3 aliphatic heterocycles. The molecule has 35 heavy (non-hydrogen) atoms. The Balaban J connectivity index is 1.23. The average molecular weight is 485 g/mol. The zero-order valence-electron chi connectivity index (χ0n) is 20.5. The van der Waals surface area contributed by atoms with Crippen molar-refractivity contribution in [3.63, 3.8) is 0 Å². The van der Waals surface area contributed by atoms with Gasteiger partial charge in [0.05, 0.1) is 12.1 Å². The average Bonchev–Trinajstić information content (AvgIpc) is 3.09. The number of likely N-dealkylation sites (tertiary alicyclic amines) is 1. The van der Waals surface area contributed by atoms with Crippen molar-refractivity contribution in [2.24, 2.45) is 5.41 Å². The van der Waals surface area contributed by atoms with Crippen LogP contribution in [0.3, 0.4) is 0 Å². The number of hydrogen-bond acceptors (Lipinski definition) is 6. The van der Waals surface area contributed by atoms with Crippen LogP contribution >= 0.6 is 0 Å². The topological polar surface area (TPSA) is 118 Å². The maximum Gasteiger partial charge on any atom is 0.410 e. The van der Waals surface area contributed by atoms with Crippen LogP contribution in [0.4, 0.5) is 4.79 Å². The highest BCUT2D eigenvalue weighted by molar-refractivity contribution is 6.05. The molecule has 188 valence electrons. The highest BCUT2D eigenvalue weighted by atomic mass is 16.6. The van der Waals surface area contributed by atoms with Gasteiger partial charge in [-0.15, -0.1) is 0 Å². The maximum absolute atomic E-state index is 13.3. The first-order chi connectivity index (χ1) is 16.5. The molecule has 1 atom stereocenters. The van der Waals surface area contributed by atoms with Crippen LogP contribution < -0.4 is 10.9 Å². The molecule has 1 aliphatic carbocycles. The van der Waals surface area contributed by atoms with Crippen molar-refractivity contribution in [3.8, 4) is 0 Å². The van der Waals surface area contributed by atoms with Crippen molar-refractivity contribution >= 4 is 23.8 Å². The second kappa shape index (κ2) is 8.20. The third-order valence-electron chi connectivity index (χ3n) is 7.83. The van der Waals surface area contributed by atoms with E-state index in [-0.39, 0.29) is 54.3 Å². The number of rotatable bonds is 2. The number of hydrogen-bond donors (Lipinski definition) is 1. The van der Waals surface area contributed by atoms with E-state index in [1.165, 1.54) is 4.90 Å². The standard InChI is InChI=1S/C25H32N4O6/c1-24(2,3)35-23(34)27-10-7-25(8-11-27)12-15(13-25)28-9-6-16-17(22(28)33)14-29(21(16)32)18-4-5-19(30)26-20(18)31/h6,9,15,18H,4-5,7-8,10-14H2,1-3H3,(H,26,30,31). The van der Waals surface area contributed by atoms with Gasteiger partial charge in [-0.2, -0.15) is 0 Å². The molecule has 1 saturated carbocycles. The second-order valence-electron chi connectivity index (χ2n) is 11.3. The molecule has 5 rings (SSSR count). The fraction of sp³-hybridized carbons (Fsp3) is 0.640. The molecule has 3 fully saturated rings. The van der Waals surface area contributed by atoms with Crippen LogP contribution in [-0.4, -0.2) is 62.9 Å². The van der Waals surface area contributed by atoms with Crippen LogP contribution in [-0.2, 0) is 20.9 Å². The Morgan fingerprint density at radius 1 is 1.11 bits per heavy atom. The van der Waals surface area contributed by atoms with Gasteiger partial charge in [0.2, 0.25) is 11.8 Å². The zero-order valence-corrected chi connectivity index (χ0v) is 20.5. The summed E-state index contributed by atoms with van der Waals surface area (Å²) >= 11 is 0. The number of piperidine rings is 2. The van der Waals surface area contributed by atoms with Crippen molar-refractivity contribution in [1.29, 1.82) is 0 Å². The first-order valence-corrected chi connectivity index (χ1v) is 12.3. The quantitative estimate of drug-likeness (QED) is 0.641. The van der Waals surface area contributed by atoms with Crippen molar-refractivity contribution in [3.05, 3.63) is 33.7 Å². The summed E-state index contributed by atoms with van der Waals surface area (Å²) in [6, 6.07) is 1.00. The van der Waals surface area contributed by atoms with E-state index in [2.05, 4.69) is 5.32 Å². The minimum Gasteiger partial charge on any atom is -0.444 e. The molecule has 4 heterocycles. The van der Waals surface area contributed by atoms with Gasteiger partial charge in [0.15, 0.2) is 0 Å². The number of nitrogens with zero attached hydrogens (tertiary/aromatic N) is 3. The van der Waals surface area contributed by atoms with Gasteiger partial charge in [-0.25, -0.2) is 4.79 Å². The lowest BCUT2D eigenvalue weighted by atomic mass is 9.60. The molecule has 1 aromatic rings. The first kappa shape index (κ1) is 23.6. The first-order valence-electron chi connectivity index (χ1n) is 12.3. The van der Waals surface area contributed by atoms with Gasteiger partial charge < -0.3 is 19.1 Å². The van der Waals surface area contributed by atoms with Crippen LogP contribution in [0.2, 0.25) is 0 Å². The molecule has 1 N–H and O–H groups in total. The number of imide groups is 1. The molecular formula is C25H32N4O6. The predicted octanol–water partition coefficient (Wildman–Crippen LogP) is 1.96. The molecule has 0 bridgehead atoms. The highest BCUT2D eigenvalue weighted by Gasteiger charge is 2.48. The van der Waals surface area contributed by atoms with E-state index in [0.29, 0.717) is 24.2 Å². The van der Waals surface area contributed by atoms with Gasteiger partial charge in [-0.05, 0) is 64.4 Å². The van der Waals surface area contributed by atoms with E-state index in [9.17, 15) is 24.0 Å². The Bertz CT molecular complexity index is 1150. The van der Waals surface area contributed by atoms with Crippen LogP contribution in [0.1, 0.15) is 81.3 Å². The van der Waals surface area contributed by atoms with Crippen molar-refractivity contribution in [2.75, 3.05) is 13.1 Å². The summed E-state index contributed by atoms with van der Waals surface area (Å²) in [6.45, 7) is 6.96. The molecule has 1 spiro atoms. The van der Waals surface area contributed by atoms with E-state index >= 15 is 0 Å². The van der Waals surface area contributed by atoms with Crippen LogP contribution in [0, 0.1) is 5.41 Å². The van der Waals surface area contributed by atoms with Gasteiger partial charge in [-0.3, -0.25) is 24.5 Å². The van der Waals surface area contributed by atoms with Gasteiger partial charge in [-0.1, -0.05) is 0 Å². The molecular weight excluding hydrogens is 452 g/mol. The molecule has 4 aliphatic rings. The largest absolute Gasteiger partial charge is 0.444 e. The number of amides is 4. The van der Waals surface area contributed by atoms with E-state index in [1.807, 2.05) is 20.8 Å². The number of carbonyl (C=O) groups excluding carboxylic acids is 4. The van der Waals surface area contributed by atoms with E-state index in [1.54, 1.807) is 21.7 Å². The molecule has 10 heteroatoms. The summed E-state index contributed by atoms with van der Waals surface area (Å²) in [6.07, 6.45) is 5.34. The summed E-state index contributed by atoms with van der Waals surface area (Å²) in [4.78, 5) is 65.5. The molecule has 1 aromatic heterocycles. The van der Waals surface area contributed by atoms with E-state index in [4.69, 9.17) is 4.74 Å². The van der Waals surface area contributed by atoms with Gasteiger partial charge in [0.25, 0.3) is 11.5 Å². The third kappa shape index (κ3) is 4.23. The summed E-state index contributed by atoms with van der Waals surface area (Å²) in [5.74, 6) is -1.16. The lowest BCUT2D eigenvalue weighted by Gasteiger charge is -2.52. The number of pyridine rings is 1. The van der Waals surface area contributed by atoms with Crippen molar-refractivity contribution in [2.45, 2.75) is 83.5 Å². The maximum atomic E-state index is 13.3. The van der Waals surface area contributed by atoms with Gasteiger partial charge >= 0.3 is 6.09 Å². The lowest BCUT2D eigenvalue weighted by Crippen LogP contribution is -2.52. The number of aromatic nitrogens is 1. The van der Waals surface area contributed by atoms with Gasteiger partial charge in [0.1, 0.15) is 11.6 Å². The summed E-state index contributed by atoms with van der Waals surface area (Å²) < 4.78 is 7.21. The normalized spacial score (nSPS) is 24.3. The summed E-state index contributed by atoms with van der Waals surface area (Å²) in [7, 11) is 0. The molecule has 0 aromatic carbocycles. The molecule has 4 amide bonds. The minimum absolute atomic E-state index is 0.0561. The monoisotopic (exact) mass is 484 g/mol. The fourth-order valence-electron chi connectivity index (χ4n) is 5.90. The smallest absolute Gasteiger partial charge is 0.410 e. The Kier molecular flexibility index (Phi) is 5.52. The van der Waals surface area contributed by atoms with E-state index in [0.717, 1.165) is 25.7 Å². The van der Waals surface area contributed by atoms with Crippen LogP contribution in [0.5, 0.6) is 0 Å². The minimum atomic E-state index is -0.734. The zero-order chi connectivity index (χ0) is 25.1. The molecule has 1 unspecified atom stereocenters. The fourth-order valence-corrected chi connectivity index (χ4v) is 5.90. The Morgan fingerprint density at radius 2 is 1.80 bits per heavy atom. The molecule has 10 nitrogen and oxygen atoms in total. The highest BCUT2D eigenvalue weighted by Crippen LogP contribution is 2.54. The second-order valence-corrected chi connectivity index (χ2v) is 11.3. The van der Waals surface area contributed by atoms with Crippen LogP contribution in [0.15, 0.2) is 17.1 Å². The van der Waals surface area contributed by atoms with Crippen molar-refractivity contribution in [1.82, 2.24) is 19.7 Å². The number of ether oxygens (including phenoxy) is 1. The molecule has 2 saturated heterocycles. The molecule has 0 radical (unpaired) electrons. The number of fused-ring (bicyclic) bond motifs is 1. The number of nitrogens with one attached hydrogen (secondary N) is 1. The SMILES string of the molecule is CC(C)(C)OC(=O)N1CCC2(CC1)CC(n1ccc3c(c1=O)CN(C1CCC(=O)NC1=O)C3=O)C2. The number of carbonyl (C=O) groups is 4. The summed E-state index contributed by atoms with van der Waals surface area (Å²) in [5, 5.41) is 2.28. The summed E-state index contributed by atoms with van der Waals surface area (Å²) in [5.41, 5.74) is 0.184. The van der Waals surface area contributed by atoms with Crippen molar-refractivity contribution < 1.29 is 23.9 Å². The Hall–Kier alpha value is -3.17. The van der Waals surface area contributed by atoms with E-state index < -0.39 is 17.6 Å².